The van der Waals surface area contributed by atoms with Crippen molar-refractivity contribution in [2.45, 2.75) is 72.2 Å². The lowest BCUT2D eigenvalue weighted by Gasteiger charge is -2.31. The lowest BCUT2D eigenvalue weighted by Crippen LogP contribution is -2.57. The van der Waals surface area contributed by atoms with Crippen LogP contribution in [-0.4, -0.2) is 65.8 Å². The number of rotatable bonds is 11. The normalized spacial score (nSPS) is 16.9. The molecule has 0 spiro atoms. The average molecular weight is 504 g/mol. The number of esters is 1. The maximum atomic E-state index is 13.4. The quantitative estimate of drug-likeness (QED) is 0.350. The third kappa shape index (κ3) is 7.79. The minimum Gasteiger partial charge on any atom is -0.460 e. The molecular weight excluding hydrogens is 466 g/mol. The second kappa shape index (κ2) is 13.6. The van der Waals surface area contributed by atoms with E-state index >= 15 is 0 Å². The standard InChI is InChI=1S/C26H37N3O7/c1-6-35-25(33)22(30)20(16(2)3)27-23(31)19-13-10-14-29(19)24(32)21(17(4)5)28-26(34)36-15-18-11-8-7-9-12-18/h7-9,11-12,16-17,19-21H,6,10,13-15H2,1-5H3,(H,27,31)(H,28,34). The largest absolute Gasteiger partial charge is 0.460 e. The summed E-state index contributed by atoms with van der Waals surface area (Å²) in [6.07, 6.45) is 0.260. The molecule has 0 radical (unpaired) electrons. The minimum absolute atomic E-state index is 0.0472. The molecule has 0 saturated carbocycles. The molecule has 3 atom stereocenters. The van der Waals surface area contributed by atoms with Crippen molar-refractivity contribution in [1.29, 1.82) is 0 Å². The molecule has 1 saturated heterocycles. The van der Waals surface area contributed by atoms with Gasteiger partial charge >= 0.3 is 12.1 Å². The summed E-state index contributed by atoms with van der Waals surface area (Å²) in [4.78, 5) is 64.8. The van der Waals surface area contributed by atoms with Gasteiger partial charge in [-0.1, -0.05) is 58.0 Å². The zero-order chi connectivity index (χ0) is 26.8. The lowest BCUT2D eigenvalue weighted by atomic mass is 9.98. The average Bonchev–Trinajstić information content (AvgIpc) is 3.34. The molecule has 1 aliphatic rings. The van der Waals surface area contributed by atoms with Crippen molar-refractivity contribution >= 4 is 29.7 Å². The second-order valence-corrected chi connectivity index (χ2v) is 9.43. The van der Waals surface area contributed by atoms with Crippen LogP contribution in [0.25, 0.3) is 0 Å². The summed E-state index contributed by atoms with van der Waals surface area (Å²) < 4.78 is 10.0. The fourth-order valence-electron chi connectivity index (χ4n) is 4.00. The summed E-state index contributed by atoms with van der Waals surface area (Å²) in [5.41, 5.74) is 0.813. The Morgan fingerprint density at radius 1 is 0.944 bits per heavy atom. The number of amides is 3. The van der Waals surface area contributed by atoms with E-state index in [2.05, 4.69) is 10.6 Å². The molecule has 1 heterocycles. The van der Waals surface area contributed by atoms with Crippen molar-refractivity contribution in [3.63, 3.8) is 0 Å². The fraction of sp³-hybridized carbons (Fsp3) is 0.577. The Balaban J connectivity index is 2.06. The van der Waals surface area contributed by atoms with Crippen molar-refractivity contribution in [3.05, 3.63) is 35.9 Å². The topological polar surface area (TPSA) is 131 Å². The van der Waals surface area contributed by atoms with Crippen molar-refractivity contribution < 1.29 is 33.4 Å². The van der Waals surface area contributed by atoms with E-state index in [9.17, 15) is 24.0 Å². The van der Waals surface area contributed by atoms with Gasteiger partial charge in [-0.2, -0.15) is 0 Å². The minimum atomic E-state index is -1.07. The van der Waals surface area contributed by atoms with E-state index in [0.717, 1.165) is 5.56 Å². The highest BCUT2D eigenvalue weighted by molar-refractivity contribution is 6.36. The van der Waals surface area contributed by atoms with Crippen LogP contribution in [0.1, 0.15) is 53.0 Å². The molecule has 36 heavy (non-hydrogen) atoms. The first-order valence-corrected chi connectivity index (χ1v) is 12.4. The Kier molecular flexibility index (Phi) is 10.9. The van der Waals surface area contributed by atoms with Gasteiger partial charge in [-0.05, 0) is 37.2 Å². The van der Waals surface area contributed by atoms with Crippen LogP contribution in [0.15, 0.2) is 30.3 Å². The molecule has 10 heteroatoms. The van der Waals surface area contributed by atoms with E-state index in [1.807, 2.05) is 30.3 Å². The molecule has 0 aromatic heterocycles. The van der Waals surface area contributed by atoms with Crippen LogP contribution >= 0.6 is 0 Å². The maximum absolute atomic E-state index is 13.4. The van der Waals surface area contributed by atoms with Crippen molar-refractivity contribution in [1.82, 2.24) is 15.5 Å². The van der Waals surface area contributed by atoms with Gasteiger partial charge in [-0.3, -0.25) is 14.4 Å². The number of benzene rings is 1. The number of nitrogens with zero attached hydrogens (tertiary/aromatic N) is 1. The summed E-state index contributed by atoms with van der Waals surface area (Å²) in [6, 6.07) is 6.38. The van der Waals surface area contributed by atoms with Gasteiger partial charge in [0.25, 0.3) is 5.78 Å². The van der Waals surface area contributed by atoms with Crippen LogP contribution in [0, 0.1) is 11.8 Å². The zero-order valence-corrected chi connectivity index (χ0v) is 21.6. The number of nitrogens with one attached hydrogen (secondary N) is 2. The molecular formula is C26H37N3O7. The predicted molar refractivity (Wildman–Crippen MR) is 132 cm³/mol. The van der Waals surface area contributed by atoms with Gasteiger partial charge < -0.3 is 25.0 Å². The van der Waals surface area contributed by atoms with Crippen LogP contribution in [-0.2, 0) is 35.3 Å². The van der Waals surface area contributed by atoms with Crippen molar-refractivity contribution in [2.24, 2.45) is 11.8 Å². The maximum Gasteiger partial charge on any atom is 0.408 e. The fourth-order valence-corrected chi connectivity index (χ4v) is 4.00. The third-order valence-electron chi connectivity index (χ3n) is 5.98. The number of carbonyl (C=O) groups excluding carboxylic acids is 5. The van der Waals surface area contributed by atoms with Crippen LogP contribution in [0.5, 0.6) is 0 Å². The third-order valence-corrected chi connectivity index (χ3v) is 5.98. The van der Waals surface area contributed by atoms with Gasteiger partial charge in [-0.15, -0.1) is 0 Å². The summed E-state index contributed by atoms with van der Waals surface area (Å²) in [5.74, 6) is -3.39. The molecule has 1 fully saturated rings. The molecule has 198 valence electrons. The van der Waals surface area contributed by atoms with E-state index in [0.29, 0.717) is 19.4 Å². The van der Waals surface area contributed by atoms with Gasteiger partial charge in [0.2, 0.25) is 11.8 Å². The number of ketones is 1. The van der Waals surface area contributed by atoms with E-state index in [1.165, 1.54) is 4.90 Å². The molecule has 3 unspecified atom stereocenters. The van der Waals surface area contributed by atoms with Crippen LogP contribution in [0.4, 0.5) is 4.79 Å². The zero-order valence-electron chi connectivity index (χ0n) is 21.6. The molecule has 1 aromatic rings. The van der Waals surface area contributed by atoms with Crippen LogP contribution in [0.3, 0.4) is 0 Å². The van der Waals surface area contributed by atoms with Gasteiger partial charge in [0.05, 0.1) is 6.61 Å². The van der Waals surface area contributed by atoms with E-state index in [4.69, 9.17) is 9.47 Å². The highest BCUT2D eigenvalue weighted by Gasteiger charge is 2.41. The summed E-state index contributed by atoms with van der Waals surface area (Å²) in [6.45, 7) is 9.03. The van der Waals surface area contributed by atoms with Gasteiger partial charge in [0, 0.05) is 6.54 Å². The highest BCUT2D eigenvalue weighted by atomic mass is 16.5. The number of hydrogen-bond donors (Lipinski definition) is 2. The van der Waals surface area contributed by atoms with E-state index < -0.39 is 47.8 Å². The smallest absolute Gasteiger partial charge is 0.408 e. The first-order valence-electron chi connectivity index (χ1n) is 12.4. The molecule has 1 aliphatic heterocycles. The number of likely N-dealkylation sites (tertiary alicyclic amines) is 1. The van der Waals surface area contributed by atoms with Crippen molar-refractivity contribution in [2.75, 3.05) is 13.2 Å². The van der Waals surface area contributed by atoms with E-state index in [-0.39, 0.29) is 25.0 Å². The molecule has 2 rings (SSSR count). The van der Waals surface area contributed by atoms with Crippen molar-refractivity contribution in [3.8, 4) is 0 Å². The Morgan fingerprint density at radius 3 is 2.17 bits per heavy atom. The Labute approximate surface area is 212 Å². The first kappa shape index (κ1) is 28.8. The number of alkyl carbamates (subject to hydrolysis) is 1. The first-order chi connectivity index (χ1) is 17.1. The number of Topliss-reactive ketones (excluding diaryl/α,β-unsaturated/α-hetero) is 1. The number of carbonyl (C=O) groups is 5. The summed E-state index contributed by atoms with van der Waals surface area (Å²) in [7, 11) is 0. The summed E-state index contributed by atoms with van der Waals surface area (Å²) >= 11 is 0. The predicted octanol–water partition coefficient (Wildman–Crippen LogP) is 2.20. The molecule has 0 aliphatic carbocycles. The van der Waals surface area contributed by atoms with Gasteiger partial charge in [0.15, 0.2) is 0 Å². The van der Waals surface area contributed by atoms with Gasteiger partial charge in [-0.25, -0.2) is 9.59 Å². The lowest BCUT2D eigenvalue weighted by molar-refractivity contribution is -0.155. The van der Waals surface area contributed by atoms with Crippen LogP contribution in [0.2, 0.25) is 0 Å². The number of ether oxygens (including phenoxy) is 2. The number of hydrogen-bond acceptors (Lipinski definition) is 7. The van der Waals surface area contributed by atoms with Gasteiger partial charge in [0.1, 0.15) is 24.7 Å². The molecule has 1 aromatic carbocycles. The second-order valence-electron chi connectivity index (χ2n) is 9.43. The molecule has 10 nitrogen and oxygen atoms in total. The molecule has 0 bridgehead atoms. The monoisotopic (exact) mass is 503 g/mol. The Hall–Kier alpha value is -3.43. The SMILES string of the molecule is CCOC(=O)C(=O)C(NC(=O)C1CCCN1C(=O)C(NC(=O)OCc1ccccc1)C(C)C)C(C)C. The molecule has 2 N–H and O–H groups in total. The summed E-state index contributed by atoms with van der Waals surface area (Å²) in [5, 5.41) is 5.26. The van der Waals surface area contributed by atoms with Crippen LogP contribution < -0.4 is 10.6 Å². The Bertz CT molecular complexity index is 933. The molecule has 3 amide bonds. The van der Waals surface area contributed by atoms with E-state index in [1.54, 1.807) is 34.6 Å². The highest BCUT2D eigenvalue weighted by Crippen LogP contribution is 2.21. The Morgan fingerprint density at radius 2 is 1.58 bits per heavy atom.